The average molecular weight is 608 g/mol. The number of pyridine rings is 1. The SMILES string of the molecule is O=C(NC1CCCCC1)c1ccc(-c2ccc(CN(Cc3cccnc3)S(=O)(=O)c3ccc(C(F)(F)F)cc3)cc2)cc1. The molecule has 0 spiro atoms. The Morgan fingerprint density at radius 2 is 1.42 bits per heavy atom. The summed E-state index contributed by atoms with van der Waals surface area (Å²) >= 11 is 0. The molecule has 0 unspecified atom stereocenters. The maximum atomic E-state index is 13.6. The molecule has 1 aromatic heterocycles. The van der Waals surface area contributed by atoms with E-state index in [-0.39, 0.29) is 29.9 Å². The van der Waals surface area contributed by atoms with Gasteiger partial charge in [-0.25, -0.2) is 8.42 Å². The molecule has 1 fully saturated rings. The number of nitrogens with one attached hydrogen (secondary N) is 1. The third kappa shape index (κ3) is 7.69. The standard InChI is InChI=1S/C33H32F3N3O3S/c34-33(35,36)29-16-18-31(19-17-29)43(41,42)39(23-25-5-4-20-37-21-25)22-24-8-10-26(11-9-24)27-12-14-28(15-13-27)32(40)38-30-6-2-1-3-7-30/h4-5,8-21,30H,1-3,6-7,22-23H2,(H,38,40). The van der Waals surface area contributed by atoms with E-state index < -0.39 is 21.8 Å². The van der Waals surface area contributed by atoms with Crippen LogP contribution in [0, 0.1) is 0 Å². The number of alkyl halides is 3. The van der Waals surface area contributed by atoms with Crippen LogP contribution in [-0.2, 0) is 29.3 Å². The summed E-state index contributed by atoms with van der Waals surface area (Å²) in [4.78, 5) is 16.5. The molecule has 4 aromatic rings. The molecule has 43 heavy (non-hydrogen) atoms. The van der Waals surface area contributed by atoms with Gasteiger partial charge in [0.1, 0.15) is 0 Å². The number of carbonyl (C=O) groups excluding carboxylic acids is 1. The number of nitrogens with zero attached hydrogens (tertiary/aromatic N) is 2. The van der Waals surface area contributed by atoms with Crippen LogP contribution in [-0.4, -0.2) is 29.7 Å². The Morgan fingerprint density at radius 1 is 0.814 bits per heavy atom. The van der Waals surface area contributed by atoms with Gasteiger partial charge in [0.2, 0.25) is 10.0 Å². The number of carbonyl (C=O) groups is 1. The largest absolute Gasteiger partial charge is 0.416 e. The molecular weight excluding hydrogens is 575 g/mol. The quantitative estimate of drug-likeness (QED) is 0.218. The lowest BCUT2D eigenvalue weighted by atomic mass is 9.95. The lowest BCUT2D eigenvalue weighted by Gasteiger charge is -2.23. The van der Waals surface area contributed by atoms with Crippen molar-refractivity contribution in [2.45, 2.75) is 62.3 Å². The van der Waals surface area contributed by atoms with E-state index in [0.29, 0.717) is 16.7 Å². The minimum Gasteiger partial charge on any atom is -0.349 e. The van der Waals surface area contributed by atoms with Crippen LogP contribution < -0.4 is 5.32 Å². The summed E-state index contributed by atoms with van der Waals surface area (Å²) in [6.45, 7) is -0.0118. The molecular formula is C33H32F3N3O3S. The van der Waals surface area contributed by atoms with Gasteiger partial charge in [0.15, 0.2) is 0 Å². The first kappa shape index (κ1) is 30.4. The molecule has 1 aliphatic rings. The summed E-state index contributed by atoms with van der Waals surface area (Å²) in [6.07, 6.45) is 4.09. The molecule has 0 saturated heterocycles. The zero-order valence-electron chi connectivity index (χ0n) is 23.4. The number of halogens is 3. The number of aromatic nitrogens is 1. The van der Waals surface area contributed by atoms with Gasteiger partial charge in [0, 0.05) is 37.1 Å². The highest BCUT2D eigenvalue weighted by molar-refractivity contribution is 7.89. The van der Waals surface area contributed by atoms with Gasteiger partial charge >= 0.3 is 6.18 Å². The van der Waals surface area contributed by atoms with E-state index in [1.165, 1.54) is 10.7 Å². The highest BCUT2D eigenvalue weighted by Crippen LogP contribution is 2.31. The first-order valence-corrected chi connectivity index (χ1v) is 15.6. The van der Waals surface area contributed by atoms with Crippen LogP contribution in [0.4, 0.5) is 13.2 Å². The summed E-state index contributed by atoms with van der Waals surface area (Å²) in [5, 5.41) is 3.12. The van der Waals surface area contributed by atoms with Crippen LogP contribution in [0.3, 0.4) is 0 Å². The van der Waals surface area contributed by atoms with Gasteiger partial charge in [-0.05, 0) is 77.6 Å². The lowest BCUT2D eigenvalue weighted by molar-refractivity contribution is -0.137. The molecule has 6 nitrogen and oxygen atoms in total. The van der Waals surface area contributed by atoms with E-state index in [1.807, 2.05) is 36.4 Å². The zero-order valence-corrected chi connectivity index (χ0v) is 24.2. The maximum absolute atomic E-state index is 13.6. The molecule has 1 amide bonds. The van der Waals surface area contributed by atoms with Crippen molar-refractivity contribution < 1.29 is 26.4 Å². The number of hydrogen-bond donors (Lipinski definition) is 1. The van der Waals surface area contributed by atoms with E-state index in [2.05, 4.69) is 10.3 Å². The van der Waals surface area contributed by atoms with Crippen LogP contribution in [0.25, 0.3) is 11.1 Å². The second kappa shape index (κ2) is 13.1. The summed E-state index contributed by atoms with van der Waals surface area (Å²) in [6, 6.07) is 21.9. The Morgan fingerprint density at radius 3 is 2.00 bits per heavy atom. The Balaban J connectivity index is 1.32. The van der Waals surface area contributed by atoms with E-state index in [9.17, 15) is 26.4 Å². The van der Waals surface area contributed by atoms with Crippen LogP contribution in [0.15, 0.2) is 102 Å². The lowest BCUT2D eigenvalue weighted by Crippen LogP contribution is -2.36. The van der Waals surface area contributed by atoms with Crippen molar-refractivity contribution in [2.24, 2.45) is 0 Å². The number of rotatable bonds is 9. The second-order valence-electron chi connectivity index (χ2n) is 10.7. The topological polar surface area (TPSA) is 79.4 Å². The predicted molar refractivity (Wildman–Crippen MR) is 158 cm³/mol. The van der Waals surface area contributed by atoms with Gasteiger partial charge in [-0.3, -0.25) is 9.78 Å². The number of sulfonamides is 1. The highest BCUT2D eigenvalue weighted by atomic mass is 32.2. The van der Waals surface area contributed by atoms with Gasteiger partial charge in [0.25, 0.3) is 5.91 Å². The van der Waals surface area contributed by atoms with Crippen molar-refractivity contribution in [3.8, 4) is 11.1 Å². The third-order valence-electron chi connectivity index (χ3n) is 7.63. The second-order valence-corrected chi connectivity index (χ2v) is 12.7. The van der Waals surface area contributed by atoms with Crippen molar-refractivity contribution >= 4 is 15.9 Å². The first-order valence-electron chi connectivity index (χ1n) is 14.2. The minimum atomic E-state index is -4.57. The third-order valence-corrected chi connectivity index (χ3v) is 9.44. The minimum absolute atomic E-state index is 0.00118. The molecule has 224 valence electrons. The van der Waals surface area contributed by atoms with Gasteiger partial charge in [0.05, 0.1) is 10.5 Å². The maximum Gasteiger partial charge on any atom is 0.416 e. The molecule has 1 saturated carbocycles. The number of benzene rings is 3. The summed E-state index contributed by atoms with van der Waals surface area (Å²) in [5.74, 6) is -0.0724. The molecule has 0 radical (unpaired) electrons. The Labute approximate surface area is 249 Å². The van der Waals surface area contributed by atoms with Crippen molar-refractivity contribution in [1.82, 2.24) is 14.6 Å². The van der Waals surface area contributed by atoms with Gasteiger partial charge < -0.3 is 5.32 Å². The Bertz CT molecular complexity index is 1620. The Kier molecular flexibility index (Phi) is 9.27. The normalized spacial score (nSPS) is 14.5. The van der Waals surface area contributed by atoms with E-state index in [0.717, 1.165) is 61.1 Å². The van der Waals surface area contributed by atoms with E-state index in [4.69, 9.17) is 0 Å². The monoisotopic (exact) mass is 607 g/mol. The van der Waals surface area contributed by atoms with Crippen LogP contribution in [0.1, 0.15) is 59.2 Å². The van der Waals surface area contributed by atoms with Gasteiger partial charge in [-0.1, -0.05) is 61.7 Å². The van der Waals surface area contributed by atoms with Crippen LogP contribution in [0.2, 0.25) is 0 Å². The molecule has 5 rings (SSSR count). The van der Waals surface area contributed by atoms with Gasteiger partial charge in [-0.2, -0.15) is 17.5 Å². The fourth-order valence-corrected chi connectivity index (χ4v) is 6.64. The molecule has 1 aliphatic carbocycles. The van der Waals surface area contributed by atoms with Crippen molar-refractivity contribution in [2.75, 3.05) is 0 Å². The van der Waals surface area contributed by atoms with Crippen molar-refractivity contribution in [3.63, 3.8) is 0 Å². The first-order chi connectivity index (χ1) is 20.6. The molecule has 1 heterocycles. The number of amides is 1. The molecule has 0 aliphatic heterocycles. The van der Waals surface area contributed by atoms with Crippen LogP contribution in [0.5, 0.6) is 0 Å². The highest BCUT2D eigenvalue weighted by Gasteiger charge is 2.32. The average Bonchev–Trinajstić information content (AvgIpc) is 3.02. The van der Waals surface area contributed by atoms with Crippen molar-refractivity contribution in [1.29, 1.82) is 0 Å². The van der Waals surface area contributed by atoms with Crippen molar-refractivity contribution in [3.05, 3.63) is 120 Å². The summed E-state index contributed by atoms with van der Waals surface area (Å²) < 4.78 is 67.6. The molecule has 3 aromatic carbocycles. The van der Waals surface area contributed by atoms with Gasteiger partial charge in [-0.15, -0.1) is 0 Å². The summed E-state index contributed by atoms with van der Waals surface area (Å²) in [7, 11) is -4.15. The molecule has 10 heteroatoms. The summed E-state index contributed by atoms with van der Waals surface area (Å²) in [5.41, 5.74) is 2.83. The molecule has 1 N–H and O–H groups in total. The molecule has 0 atom stereocenters. The smallest absolute Gasteiger partial charge is 0.349 e. The van der Waals surface area contributed by atoms with E-state index >= 15 is 0 Å². The fraction of sp³-hybridized carbons (Fsp3) is 0.273. The van der Waals surface area contributed by atoms with E-state index in [1.54, 1.807) is 36.7 Å². The predicted octanol–water partition coefficient (Wildman–Crippen LogP) is 7.22. The Hall–Kier alpha value is -4.02. The number of hydrogen-bond acceptors (Lipinski definition) is 4. The fourth-order valence-electron chi connectivity index (χ4n) is 5.22. The van der Waals surface area contributed by atoms with Crippen LogP contribution >= 0.6 is 0 Å². The zero-order chi connectivity index (χ0) is 30.5. The molecule has 0 bridgehead atoms.